The van der Waals surface area contributed by atoms with Gasteiger partial charge >= 0.3 is 0 Å². The zero-order valence-corrected chi connectivity index (χ0v) is 19.4. The van der Waals surface area contributed by atoms with Gasteiger partial charge in [0.1, 0.15) is 18.1 Å². The molecule has 0 radical (unpaired) electrons. The van der Waals surface area contributed by atoms with E-state index < -0.39 is 0 Å². The lowest BCUT2D eigenvalue weighted by Gasteiger charge is -2.35. The highest BCUT2D eigenvalue weighted by Crippen LogP contribution is 2.29. The summed E-state index contributed by atoms with van der Waals surface area (Å²) in [5.41, 5.74) is 2.78. The summed E-state index contributed by atoms with van der Waals surface area (Å²) >= 11 is 1.66. The highest BCUT2D eigenvalue weighted by atomic mass is 32.2. The van der Waals surface area contributed by atoms with Gasteiger partial charge < -0.3 is 14.2 Å². The molecule has 0 bridgehead atoms. The Hall–Kier alpha value is -2.77. The molecule has 1 saturated heterocycles. The molecule has 0 spiro atoms. The van der Waals surface area contributed by atoms with Crippen molar-refractivity contribution in [3.63, 3.8) is 0 Å². The van der Waals surface area contributed by atoms with Crippen molar-refractivity contribution >= 4 is 17.7 Å². The molecule has 2 aromatic carbocycles. The summed E-state index contributed by atoms with van der Waals surface area (Å²) < 4.78 is 11.1. The first-order valence-corrected chi connectivity index (χ1v) is 11.9. The molecule has 0 saturated carbocycles. The predicted molar refractivity (Wildman–Crippen MR) is 126 cm³/mol. The van der Waals surface area contributed by atoms with E-state index in [1.165, 1.54) is 0 Å². The van der Waals surface area contributed by atoms with Gasteiger partial charge in [0.2, 0.25) is 0 Å². The van der Waals surface area contributed by atoms with Crippen molar-refractivity contribution in [1.82, 2.24) is 15.0 Å². The molecular weight excluding hydrogens is 422 g/mol. The van der Waals surface area contributed by atoms with Crippen LogP contribution in [0.3, 0.4) is 0 Å². The van der Waals surface area contributed by atoms with Crippen LogP contribution in [-0.4, -0.2) is 60.2 Å². The van der Waals surface area contributed by atoms with Crippen LogP contribution in [0.5, 0.6) is 5.75 Å². The zero-order chi connectivity index (χ0) is 22.3. The number of nitrogens with zero attached hydrogens (tertiary/aromatic N) is 3. The summed E-state index contributed by atoms with van der Waals surface area (Å²) in [5.74, 6) is 2.57. The number of aromatic nitrogens is 1. The van der Waals surface area contributed by atoms with Crippen molar-refractivity contribution in [2.45, 2.75) is 24.5 Å². The number of carbonyl (C=O) groups is 1. The van der Waals surface area contributed by atoms with Crippen molar-refractivity contribution in [3.05, 3.63) is 77.2 Å². The third kappa shape index (κ3) is 5.53. The summed E-state index contributed by atoms with van der Waals surface area (Å²) in [6.07, 6.45) is 0. The number of ether oxygens (including phenoxy) is 1. The Bertz CT molecular complexity index is 1010. The maximum Gasteiger partial charge on any atom is 0.255 e. The SMILES string of the molecule is Cc1noc(C)c1CSc1ccccc1C(=O)N1CCN(CCOc2ccccc2)CC1. The first-order chi connectivity index (χ1) is 15.6. The number of hydrogen-bond acceptors (Lipinski definition) is 6. The number of benzene rings is 2. The third-order valence-corrected chi connectivity index (χ3v) is 6.85. The highest BCUT2D eigenvalue weighted by Gasteiger charge is 2.24. The predicted octanol–water partition coefficient (Wildman–Crippen LogP) is 4.42. The van der Waals surface area contributed by atoms with Crippen LogP contribution in [0.4, 0.5) is 0 Å². The van der Waals surface area contributed by atoms with Gasteiger partial charge in [0, 0.05) is 48.9 Å². The average molecular weight is 452 g/mol. The first kappa shape index (κ1) is 22.4. The summed E-state index contributed by atoms with van der Waals surface area (Å²) in [4.78, 5) is 18.6. The smallest absolute Gasteiger partial charge is 0.255 e. The van der Waals surface area contributed by atoms with Crippen molar-refractivity contribution in [1.29, 1.82) is 0 Å². The van der Waals surface area contributed by atoms with E-state index >= 15 is 0 Å². The summed E-state index contributed by atoms with van der Waals surface area (Å²) in [7, 11) is 0. The van der Waals surface area contributed by atoms with Crippen LogP contribution in [-0.2, 0) is 5.75 Å². The Balaban J connectivity index is 1.29. The van der Waals surface area contributed by atoms with E-state index in [0.717, 1.165) is 71.7 Å². The molecule has 1 fully saturated rings. The van der Waals surface area contributed by atoms with Crippen LogP contribution in [0.1, 0.15) is 27.4 Å². The van der Waals surface area contributed by atoms with Gasteiger partial charge in [0.15, 0.2) is 0 Å². The topological polar surface area (TPSA) is 58.8 Å². The second-order valence-electron chi connectivity index (χ2n) is 7.88. The van der Waals surface area contributed by atoms with Crippen LogP contribution in [0.15, 0.2) is 64.0 Å². The van der Waals surface area contributed by atoms with Crippen LogP contribution in [0.2, 0.25) is 0 Å². The normalized spacial score (nSPS) is 14.5. The summed E-state index contributed by atoms with van der Waals surface area (Å²) in [6.45, 7) is 8.57. The number of piperazine rings is 1. The Morgan fingerprint density at radius 1 is 1.03 bits per heavy atom. The van der Waals surface area contributed by atoms with Crippen LogP contribution >= 0.6 is 11.8 Å². The Morgan fingerprint density at radius 3 is 2.47 bits per heavy atom. The first-order valence-electron chi connectivity index (χ1n) is 10.9. The largest absolute Gasteiger partial charge is 0.492 e. The second-order valence-corrected chi connectivity index (χ2v) is 8.90. The molecule has 3 aromatic rings. The molecule has 1 aliphatic heterocycles. The Kier molecular flexibility index (Phi) is 7.50. The molecule has 0 aliphatic carbocycles. The standard InChI is InChI=1S/C25H29N3O3S/c1-19-23(20(2)31-26-19)18-32-24-11-7-6-10-22(24)25(29)28-14-12-27(13-15-28)16-17-30-21-8-4-3-5-9-21/h3-11H,12-18H2,1-2H3. The Morgan fingerprint density at radius 2 is 1.75 bits per heavy atom. The van der Waals surface area contributed by atoms with Gasteiger partial charge in [-0.05, 0) is 38.1 Å². The van der Waals surface area contributed by atoms with Crippen molar-refractivity contribution in [2.75, 3.05) is 39.3 Å². The minimum absolute atomic E-state index is 0.104. The highest BCUT2D eigenvalue weighted by molar-refractivity contribution is 7.98. The molecule has 2 heterocycles. The van der Waals surface area contributed by atoms with Gasteiger partial charge in [-0.3, -0.25) is 9.69 Å². The van der Waals surface area contributed by atoms with Crippen LogP contribution in [0, 0.1) is 13.8 Å². The molecule has 0 unspecified atom stereocenters. The molecular formula is C25H29N3O3S. The molecule has 32 heavy (non-hydrogen) atoms. The van der Waals surface area contributed by atoms with E-state index in [1.54, 1.807) is 11.8 Å². The van der Waals surface area contributed by atoms with E-state index in [1.807, 2.05) is 73.3 Å². The number of carbonyl (C=O) groups excluding carboxylic acids is 1. The van der Waals surface area contributed by atoms with Gasteiger partial charge in [0.25, 0.3) is 5.91 Å². The fourth-order valence-corrected chi connectivity index (χ4v) is 4.98. The third-order valence-electron chi connectivity index (χ3n) is 5.75. The van der Waals surface area contributed by atoms with Gasteiger partial charge in [-0.25, -0.2) is 0 Å². The lowest BCUT2D eigenvalue weighted by molar-refractivity contribution is 0.0617. The fourth-order valence-electron chi connectivity index (χ4n) is 3.78. The molecule has 1 aliphatic rings. The lowest BCUT2D eigenvalue weighted by atomic mass is 10.2. The quantitative estimate of drug-likeness (QED) is 0.473. The van der Waals surface area contributed by atoms with Gasteiger partial charge in [-0.2, -0.15) is 0 Å². The molecule has 0 atom stereocenters. The molecule has 6 nitrogen and oxygen atoms in total. The van der Waals surface area contributed by atoms with E-state index in [9.17, 15) is 4.79 Å². The number of aryl methyl sites for hydroxylation is 2. The van der Waals surface area contributed by atoms with E-state index in [4.69, 9.17) is 9.26 Å². The van der Waals surface area contributed by atoms with Gasteiger partial charge in [0.05, 0.1) is 11.3 Å². The number of para-hydroxylation sites is 1. The second kappa shape index (κ2) is 10.7. The number of thioether (sulfide) groups is 1. The van der Waals surface area contributed by atoms with Crippen LogP contribution in [0.25, 0.3) is 0 Å². The number of hydrogen-bond donors (Lipinski definition) is 0. The van der Waals surface area contributed by atoms with E-state index in [2.05, 4.69) is 10.1 Å². The van der Waals surface area contributed by atoms with Gasteiger partial charge in [-0.1, -0.05) is 35.5 Å². The zero-order valence-electron chi connectivity index (χ0n) is 18.6. The number of rotatable bonds is 8. The maximum absolute atomic E-state index is 13.3. The Labute approximate surface area is 193 Å². The summed E-state index contributed by atoms with van der Waals surface area (Å²) in [5, 5.41) is 4.03. The molecule has 1 amide bonds. The van der Waals surface area contributed by atoms with E-state index in [-0.39, 0.29) is 5.91 Å². The van der Waals surface area contributed by atoms with Crippen molar-refractivity contribution in [2.24, 2.45) is 0 Å². The summed E-state index contributed by atoms with van der Waals surface area (Å²) in [6, 6.07) is 17.7. The van der Waals surface area contributed by atoms with E-state index in [0.29, 0.717) is 6.61 Å². The maximum atomic E-state index is 13.3. The monoisotopic (exact) mass is 451 g/mol. The van der Waals surface area contributed by atoms with Crippen molar-refractivity contribution in [3.8, 4) is 5.75 Å². The van der Waals surface area contributed by atoms with Gasteiger partial charge in [-0.15, -0.1) is 11.8 Å². The molecule has 4 rings (SSSR count). The molecule has 168 valence electrons. The lowest BCUT2D eigenvalue weighted by Crippen LogP contribution is -2.49. The van der Waals surface area contributed by atoms with Crippen molar-refractivity contribution < 1.29 is 14.1 Å². The molecule has 1 aromatic heterocycles. The molecule has 7 heteroatoms. The minimum Gasteiger partial charge on any atom is -0.492 e. The van der Waals surface area contributed by atoms with Crippen LogP contribution < -0.4 is 4.74 Å². The molecule has 0 N–H and O–H groups in total. The number of amides is 1. The minimum atomic E-state index is 0.104. The fraction of sp³-hybridized carbons (Fsp3) is 0.360. The average Bonchev–Trinajstić information content (AvgIpc) is 3.15.